The highest BCUT2D eigenvalue weighted by Crippen LogP contribution is 2.34. The number of methoxy groups -OCH3 is 1. The van der Waals surface area contributed by atoms with E-state index < -0.39 is 6.10 Å². The monoisotopic (exact) mass is 374 g/mol. The van der Waals surface area contributed by atoms with Crippen LogP contribution < -0.4 is 4.74 Å². The van der Waals surface area contributed by atoms with Crippen molar-refractivity contribution in [1.29, 1.82) is 0 Å². The molecule has 0 bridgehead atoms. The van der Waals surface area contributed by atoms with Crippen LogP contribution in [-0.2, 0) is 7.05 Å². The molecule has 1 heterocycles. The third kappa shape index (κ3) is 2.46. The Hall–Kier alpha value is -0.850. The second-order valence-corrected chi connectivity index (χ2v) is 5.56. The van der Waals surface area contributed by atoms with Crippen LogP contribution in [0.2, 0.25) is 0 Å². The fourth-order valence-electron chi connectivity index (χ4n) is 1.77. The van der Waals surface area contributed by atoms with Crippen LogP contribution in [0.4, 0.5) is 0 Å². The van der Waals surface area contributed by atoms with Crippen LogP contribution in [0.1, 0.15) is 17.4 Å². The van der Waals surface area contributed by atoms with Crippen molar-refractivity contribution in [3.8, 4) is 5.75 Å². The van der Waals surface area contributed by atoms with Gasteiger partial charge in [-0.05, 0) is 12.1 Å². The van der Waals surface area contributed by atoms with Gasteiger partial charge in [-0.1, -0.05) is 37.9 Å². The lowest BCUT2D eigenvalue weighted by Gasteiger charge is -2.15. The highest BCUT2D eigenvalue weighted by molar-refractivity contribution is 9.11. The van der Waals surface area contributed by atoms with Crippen LogP contribution in [0, 0.1) is 0 Å². The van der Waals surface area contributed by atoms with Crippen LogP contribution in [0.5, 0.6) is 5.75 Å². The third-order valence-electron chi connectivity index (χ3n) is 2.69. The first-order chi connectivity index (χ1) is 8.54. The molecule has 0 aliphatic heterocycles. The Kier molecular flexibility index (Phi) is 4.09. The summed E-state index contributed by atoms with van der Waals surface area (Å²) in [5.41, 5.74) is 1.39. The summed E-state index contributed by atoms with van der Waals surface area (Å²) in [5, 5.41) is 14.5. The standard InChI is InChI=1S/C12H12Br2N2O2/c1-16-11(10(18-2)6-15-16)12(17)8-4-3-7(13)5-9(8)14/h3-6,12,17H,1-2H3. The van der Waals surface area contributed by atoms with E-state index in [1.807, 2.05) is 18.2 Å². The van der Waals surface area contributed by atoms with Crippen molar-refractivity contribution < 1.29 is 9.84 Å². The summed E-state index contributed by atoms with van der Waals surface area (Å²) in [6.07, 6.45) is 0.792. The molecule has 0 fully saturated rings. The molecule has 0 spiro atoms. The molecule has 0 amide bonds. The first kappa shape index (κ1) is 13.6. The summed E-state index contributed by atoms with van der Waals surface area (Å²) in [7, 11) is 3.33. The second kappa shape index (κ2) is 5.42. The lowest BCUT2D eigenvalue weighted by Crippen LogP contribution is -2.08. The van der Waals surface area contributed by atoms with Crippen molar-refractivity contribution in [3.63, 3.8) is 0 Å². The van der Waals surface area contributed by atoms with Crippen LogP contribution in [0.25, 0.3) is 0 Å². The van der Waals surface area contributed by atoms with Gasteiger partial charge in [0, 0.05) is 21.6 Å². The SMILES string of the molecule is COc1cnn(C)c1C(O)c1ccc(Br)cc1Br. The van der Waals surface area contributed by atoms with Crippen molar-refractivity contribution in [2.75, 3.05) is 7.11 Å². The Morgan fingerprint density at radius 2 is 2.11 bits per heavy atom. The number of aromatic nitrogens is 2. The van der Waals surface area contributed by atoms with E-state index in [4.69, 9.17) is 4.74 Å². The minimum atomic E-state index is -0.796. The molecule has 0 radical (unpaired) electrons. The molecule has 2 aromatic rings. The minimum absolute atomic E-state index is 0.569. The maximum atomic E-state index is 10.5. The van der Waals surface area contributed by atoms with Crippen LogP contribution in [-0.4, -0.2) is 22.0 Å². The third-order valence-corrected chi connectivity index (χ3v) is 3.87. The highest BCUT2D eigenvalue weighted by Gasteiger charge is 2.21. The maximum absolute atomic E-state index is 10.5. The molecule has 6 heteroatoms. The van der Waals surface area contributed by atoms with Crippen molar-refractivity contribution in [3.05, 3.63) is 44.6 Å². The molecule has 0 saturated carbocycles. The molecule has 1 N–H and O–H groups in total. The number of rotatable bonds is 3. The lowest BCUT2D eigenvalue weighted by atomic mass is 10.1. The zero-order valence-electron chi connectivity index (χ0n) is 9.89. The molecule has 0 aliphatic rings. The molecule has 18 heavy (non-hydrogen) atoms. The van der Waals surface area contributed by atoms with Gasteiger partial charge in [-0.3, -0.25) is 4.68 Å². The van der Waals surface area contributed by atoms with Gasteiger partial charge >= 0.3 is 0 Å². The number of nitrogens with zero attached hydrogens (tertiary/aromatic N) is 2. The van der Waals surface area contributed by atoms with Gasteiger partial charge in [0.15, 0.2) is 5.75 Å². The second-order valence-electron chi connectivity index (χ2n) is 3.79. The van der Waals surface area contributed by atoms with Gasteiger partial charge < -0.3 is 9.84 Å². The molecule has 1 atom stereocenters. The molecule has 96 valence electrons. The molecular formula is C12H12Br2N2O2. The van der Waals surface area contributed by atoms with E-state index in [2.05, 4.69) is 37.0 Å². The van der Waals surface area contributed by atoms with E-state index in [9.17, 15) is 5.11 Å². The number of ether oxygens (including phenoxy) is 1. The average molecular weight is 376 g/mol. The number of hydrogen-bond acceptors (Lipinski definition) is 3. The van der Waals surface area contributed by atoms with E-state index in [1.54, 1.807) is 25.0 Å². The summed E-state index contributed by atoms with van der Waals surface area (Å²) in [6.45, 7) is 0. The predicted molar refractivity (Wildman–Crippen MR) is 75.7 cm³/mol. The van der Waals surface area contributed by atoms with E-state index in [1.165, 1.54) is 0 Å². The Bertz CT molecular complexity index is 569. The van der Waals surface area contributed by atoms with Gasteiger partial charge in [0.2, 0.25) is 0 Å². The van der Waals surface area contributed by atoms with Crippen LogP contribution in [0.3, 0.4) is 0 Å². The molecule has 0 saturated heterocycles. The van der Waals surface area contributed by atoms with Crippen molar-refractivity contribution in [1.82, 2.24) is 9.78 Å². The number of aliphatic hydroxyl groups is 1. The van der Waals surface area contributed by atoms with Crippen LogP contribution >= 0.6 is 31.9 Å². The normalized spacial score (nSPS) is 12.5. The number of hydrogen-bond donors (Lipinski definition) is 1. The van der Waals surface area contributed by atoms with Gasteiger partial charge in [0.05, 0.1) is 13.3 Å². The van der Waals surface area contributed by atoms with E-state index in [0.29, 0.717) is 11.4 Å². The van der Waals surface area contributed by atoms with Crippen molar-refractivity contribution in [2.45, 2.75) is 6.10 Å². The molecule has 1 aromatic heterocycles. The number of aliphatic hydroxyl groups excluding tert-OH is 1. The molecular weight excluding hydrogens is 364 g/mol. The van der Waals surface area contributed by atoms with Gasteiger partial charge in [-0.25, -0.2) is 0 Å². The maximum Gasteiger partial charge on any atom is 0.162 e. The number of halogens is 2. The Morgan fingerprint density at radius 3 is 2.72 bits per heavy atom. The fraction of sp³-hybridized carbons (Fsp3) is 0.250. The molecule has 4 nitrogen and oxygen atoms in total. The Labute approximate surface area is 122 Å². The highest BCUT2D eigenvalue weighted by atomic mass is 79.9. The quantitative estimate of drug-likeness (QED) is 0.896. The van der Waals surface area contributed by atoms with E-state index in [0.717, 1.165) is 14.5 Å². The van der Waals surface area contributed by atoms with E-state index >= 15 is 0 Å². The number of aryl methyl sites for hydroxylation is 1. The zero-order chi connectivity index (χ0) is 13.3. The first-order valence-corrected chi connectivity index (χ1v) is 6.82. The van der Waals surface area contributed by atoms with Crippen LogP contribution in [0.15, 0.2) is 33.3 Å². The van der Waals surface area contributed by atoms with Gasteiger partial charge in [-0.2, -0.15) is 5.10 Å². The fourth-order valence-corrected chi connectivity index (χ4v) is 3.03. The summed E-state index contributed by atoms with van der Waals surface area (Å²) in [4.78, 5) is 0. The summed E-state index contributed by atoms with van der Waals surface area (Å²) < 4.78 is 8.59. The largest absolute Gasteiger partial charge is 0.493 e. The Balaban J connectivity index is 2.47. The van der Waals surface area contributed by atoms with E-state index in [-0.39, 0.29) is 0 Å². The smallest absolute Gasteiger partial charge is 0.162 e. The summed E-state index contributed by atoms with van der Waals surface area (Å²) >= 11 is 6.83. The van der Waals surface area contributed by atoms with Gasteiger partial charge in [-0.15, -0.1) is 0 Å². The van der Waals surface area contributed by atoms with Crippen molar-refractivity contribution in [2.24, 2.45) is 7.05 Å². The topological polar surface area (TPSA) is 47.3 Å². The first-order valence-electron chi connectivity index (χ1n) is 5.23. The zero-order valence-corrected chi connectivity index (χ0v) is 13.1. The Morgan fingerprint density at radius 1 is 1.39 bits per heavy atom. The van der Waals surface area contributed by atoms with Gasteiger partial charge in [0.25, 0.3) is 0 Å². The van der Waals surface area contributed by atoms with Gasteiger partial charge in [0.1, 0.15) is 11.8 Å². The predicted octanol–water partition coefficient (Wildman–Crippen LogP) is 3.04. The molecule has 0 aliphatic carbocycles. The van der Waals surface area contributed by atoms with Crippen molar-refractivity contribution >= 4 is 31.9 Å². The molecule has 2 rings (SSSR count). The molecule has 1 aromatic carbocycles. The summed E-state index contributed by atoms with van der Waals surface area (Å²) in [5.74, 6) is 0.569. The lowest BCUT2D eigenvalue weighted by molar-refractivity contribution is 0.203. The molecule has 1 unspecified atom stereocenters. The minimum Gasteiger partial charge on any atom is -0.493 e. The summed E-state index contributed by atoms with van der Waals surface area (Å²) in [6, 6.07) is 5.62. The number of benzene rings is 1. The average Bonchev–Trinajstić information content (AvgIpc) is 2.69.